The molecule has 1 aliphatic carbocycles. The molecule has 5 nitrogen and oxygen atoms in total. The van der Waals surface area contributed by atoms with Crippen LogP contribution in [0.15, 0.2) is 54.1 Å². The molecule has 2 aromatic rings. The van der Waals surface area contributed by atoms with Crippen LogP contribution < -0.4 is 9.62 Å². The van der Waals surface area contributed by atoms with Crippen LogP contribution in [0.5, 0.6) is 0 Å². The van der Waals surface area contributed by atoms with Crippen molar-refractivity contribution in [3.63, 3.8) is 0 Å². The number of halogens is 2. The fourth-order valence-electron chi connectivity index (χ4n) is 3.33. The van der Waals surface area contributed by atoms with Crippen LogP contribution in [0.1, 0.15) is 41.6 Å². The van der Waals surface area contributed by atoms with E-state index >= 15 is 0 Å². The molecule has 0 radical (unpaired) electrons. The second kappa shape index (κ2) is 9.86. The van der Waals surface area contributed by atoms with Crippen molar-refractivity contribution >= 4 is 44.8 Å². The Hall–Kier alpha value is -2.02. The maximum absolute atomic E-state index is 12.4. The van der Waals surface area contributed by atoms with Crippen molar-refractivity contribution < 1.29 is 13.2 Å². The molecule has 30 heavy (non-hydrogen) atoms. The Morgan fingerprint density at radius 3 is 2.40 bits per heavy atom. The summed E-state index contributed by atoms with van der Waals surface area (Å²) in [4.78, 5) is 12.4. The molecule has 160 valence electrons. The summed E-state index contributed by atoms with van der Waals surface area (Å²) < 4.78 is 25.9. The van der Waals surface area contributed by atoms with E-state index in [4.69, 9.17) is 23.2 Å². The molecule has 0 saturated carbocycles. The molecule has 1 amide bonds. The Morgan fingerprint density at radius 2 is 1.80 bits per heavy atom. The van der Waals surface area contributed by atoms with E-state index < -0.39 is 10.0 Å². The molecular formula is C22H24Cl2N2O3S. The summed E-state index contributed by atoms with van der Waals surface area (Å²) in [7, 11) is -3.55. The third-order valence-electron chi connectivity index (χ3n) is 4.99. The van der Waals surface area contributed by atoms with Gasteiger partial charge in [0.05, 0.1) is 28.5 Å². The molecule has 3 rings (SSSR count). The van der Waals surface area contributed by atoms with Gasteiger partial charge in [-0.3, -0.25) is 9.10 Å². The fraction of sp³-hybridized carbons (Fsp3) is 0.318. The van der Waals surface area contributed by atoms with Crippen molar-refractivity contribution in [1.29, 1.82) is 0 Å². The van der Waals surface area contributed by atoms with Crippen LogP contribution in [0.25, 0.3) is 0 Å². The van der Waals surface area contributed by atoms with Crippen molar-refractivity contribution in [3.05, 3.63) is 75.3 Å². The topological polar surface area (TPSA) is 66.5 Å². The van der Waals surface area contributed by atoms with Crippen molar-refractivity contribution in [1.82, 2.24) is 5.32 Å². The van der Waals surface area contributed by atoms with E-state index in [9.17, 15) is 13.2 Å². The number of anilines is 1. The van der Waals surface area contributed by atoms with E-state index in [-0.39, 0.29) is 17.5 Å². The lowest BCUT2D eigenvalue weighted by molar-refractivity contribution is 0.0956. The number of rotatable bonds is 7. The molecular weight excluding hydrogens is 443 g/mol. The van der Waals surface area contributed by atoms with Crippen LogP contribution in [-0.4, -0.2) is 27.1 Å². The monoisotopic (exact) mass is 466 g/mol. The summed E-state index contributed by atoms with van der Waals surface area (Å²) in [5.74, 6) is -0.141. The maximum atomic E-state index is 12.4. The number of hydrogen-bond donors (Lipinski definition) is 1. The van der Waals surface area contributed by atoms with Crippen LogP contribution in [0.2, 0.25) is 10.0 Å². The molecule has 1 N–H and O–H groups in total. The van der Waals surface area contributed by atoms with E-state index in [0.29, 0.717) is 22.8 Å². The Morgan fingerprint density at radius 1 is 1.07 bits per heavy atom. The van der Waals surface area contributed by atoms with Gasteiger partial charge >= 0.3 is 0 Å². The number of benzene rings is 2. The Balaban J connectivity index is 1.70. The Bertz CT molecular complexity index is 1050. The molecule has 0 aliphatic heterocycles. The van der Waals surface area contributed by atoms with E-state index in [1.165, 1.54) is 28.8 Å². The van der Waals surface area contributed by atoms with Crippen LogP contribution in [-0.2, 0) is 16.6 Å². The van der Waals surface area contributed by atoms with Gasteiger partial charge < -0.3 is 5.32 Å². The largest absolute Gasteiger partial charge is 0.348 e. The van der Waals surface area contributed by atoms with Crippen molar-refractivity contribution in [2.24, 2.45) is 0 Å². The number of sulfonamides is 1. The lowest BCUT2D eigenvalue weighted by Gasteiger charge is -2.23. The average Bonchev–Trinajstić information content (AvgIpc) is 2.73. The number of amides is 1. The standard InChI is InChI=1S/C22H24Cl2N2O3S/c1-30(28,29)26(19-11-12-20(23)21(24)13-19)15-17-7-9-18(10-8-17)22(27)25-14-16-5-3-2-4-6-16/h5,7-13H,2-4,6,14-15H2,1H3,(H,25,27). The minimum absolute atomic E-state index is 0.117. The van der Waals surface area contributed by atoms with Gasteiger partial charge in [-0.25, -0.2) is 8.42 Å². The lowest BCUT2D eigenvalue weighted by Crippen LogP contribution is -2.29. The summed E-state index contributed by atoms with van der Waals surface area (Å²) in [6, 6.07) is 11.6. The second-order valence-electron chi connectivity index (χ2n) is 7.36. The lowest BCUT2D eigenvalue weighted by atomic mass is 9.99. The van der Waals surface area contributed by atoms with Crippen molar-refractivity contribution in [2.45, 2.75) is 32.2 Å². The molecule has 0 heterocycles. The van der Waals surface area contributed by atoms with Gasteiger partial charge in [0.1, 0.15) is 0 Å². The molecule has 1 aliphatic rings. The number of carbonyl (C=O) groups excluding carboxylic acids is 1. The average molecular weight is 467 g/mol. The quantitative estimate of drug-likeness (QED) is 0.570. The van der Waals surface area contributed by atoms with E-state index in [2.05, 4.69) is 11.4 Å². The SMILES string of the molecule is CS(=O)(=O)N(Cc1ccc(C(=O)NCC2=CCCCC2)cc1)c1ccc(Cl)c(Cl)c1. The van der Waals surface area contributed by atoms with Crippen LogP contribution >= 0.6 is 23.2 Å². The van der Waals surface area contributed by atoms with Gasteiger partial charge in [0.25, 0.3) is 5.91 Å². The number of nitrogens with zero attached hydrogens (tertiary/aromatic N) is 1. The third kappa shape index (κ3) is 6.00. The number of allylic oxidation sites excluding steroid dienone is 1. The van der Waals surface area contributed by atoms with Gasteiger partial charge in [0, 0.05) is 12.1 Å². The summed E-state index contributed by atoms with van der Waals surface area (Å²) in [6.07, 6.45) is 7.84. The first-order valence-corrected chi connectivity index (χ1v) is 12.3. The molecule has 0 spiro atoms. The summed E-state index contributed by atoms with van der Waals surface area (Å²) in [6.45, 7) is 0.686. The minimum atomic E-state index is -3.55. The zero-order chi connectivity index (χ0) is 21.7. The highest BCUT2D eigenvalue weighted by molar-refractivity contribution is 7.92. The van der Waals surface area contributed by atoms with E-state index in [1.54, 1.807) is 36.4 Å². The highest BCUT2D eigenvalue weighted by atomic mass is 35.5. The van der Waals surface area contributed by atoms with Gasteiger partial charge in [0.2, 0.25) is 10.0 Å². The first-order chi connectivity index (χ1) is 14.2. The molecule has 0 saturated heterocycles. The molecule has 2 aromatic carbocycles. The van der Waals surface area contributed by atoms with Gasteiger partial charge in [0.15, 0.2) is 0 Å². The number of carbonyl (C=O) groups is 1. The molecule has 0 aromatic heterocycles. The molecule has 0 unspecified atom stereocenters. The van der Waals surface area contributed by atoms with Gasteiger partial charge in [-0.2, -0.15) is 0 Å². The predicted octanol–water partition coefficient (Wildman–Crippen LogP) is 5.19. The van der Waals surface area contributed by atoms with Crippen LogP contribution in [0, 0.1) is 0 Å². The molecule has 8 heteroatoms. The molecule has 0 atom stereocenters. The zero-order valence-electron chi connectivity index (χ0n) is 16.7. The van der Waals surface area contributed by atoms with Crippen molar-refractivity contribution in [2.75, 3.05) is 17.1 Å². The third-order valence-corrected chi connectivity index (χ3v) is 6.87. The fourth-order valence-corrected chi connectivity index (χ4v) is 4.50. The van der Waals surface area contributed by atoms with Gasteiger partial charge in [-0.15, -0.1) is 0 Å². The number of nitrogens with one attached hydrogen (secondary N) is 1. The zero-order valence-corrected chi connectivity index (χ0v) is 19.0. The van der Waals surface area contributed by atoms with Crippen LogP contribution in [0.3, 0.4) is 0 Å². The number of hydrogen-bond acceptors (Lipinski definition) is 3. The minimum Gasteiger partial charge on any atom is -0.348 e. The highest BCUT2D eigenvalue weighted by Crippen LogP contribution is 2.29. The Labute approximate surface area is 187 Å². The maximum Gasteiger partial charge on any atom is 0.251 e. The van der Waals surface area contributed by atoms with Gasteiger partial charge in [-0.1, -0.05) is 47.0 Å². The molecule has 0 fully saturated rings. The molecule has 0 bridgehead atoms. The smallest absolute Gasteiger partial charge is 0.251 e. The van der Waals surface area contributed by atoms with E-state index in [1.807, 2.05) is 0 Å². The van der Waals surface area contributed by atoms with Crippen LogP contribution in [0.4, 0.5) is 5.69 Å². The first-order valence-electron chi connectivity index (χ1n) is 9.72. The first kappa shape index (κ1) is 22.7. The normalized spacial score (nSPS) is 14.2. The van der Waals surface area contributed by atoms with E-state index in [0.717, 1.165) is 24.7 Å². The van der Waals surface area contributed by atoms with Gasteiger partial charge in [-0.05, 0) is 61.6 Å². The summed E-state index contributed by atoms with van der Waals surface area (Å²) >= 11 is 12.0. The Kier molecular flexibility index (Phi) is 7.45. The highest BCUT2D eigenvalue weighted by Gasteiger charge is 2.19. The van der Waals surface area contributed by atoms with Crippen molar-refractivity contribution in [3.8, 4) is 0 Å². The second-order valence-corrected chi connectivity index (χ2v) is 10.1. The summed E-state index contributed by atoms with van der Waals surface area (Å²) in [5.41, 5.74) is 2.99. The summed E-state index contributed by atoms with van der Waals surface area (Å²) in [5, 5.41) is 3.59. The predicted molar refractivity (Wildman–Crippen MR) is 123 cm³/mol.